The summed E-state index contributed by atoms with van der Waals surface area (Å²) in [6.07, 6.45) is 49.5. The summed E-state index contributed by atoms with van der Waals surface area (Å²) in [4.78, 5) is 26.0. The Hall–Kier alpha value is -1.66. The van der Waals surface area contributed by atoms with Crippen LogP contribution in [0.3, 0.4) is 0 Å². The van der Waals surface area contributed by atoms with E-state index in [0.717, 1.165) is 64.2 Å². The third-order valence-electron chi connectivity index (χ3n) is 11.3. The van der Waals surface area contributed by atoms with E-state index in [1.54, 1.807) is 0 Å². The van der Waals surface area contributed by atoms with E-state index in [1.807, 2.05) is 0 Å². The maximum atomic E-state index is 13.2. The van der Waals surface area contributed by atoms with Crippen molar-refractivity contribution in [2.24, 2.45) is 0 Å². The maximum absolute atomic E-state index is 13.2. The van der Waals surface area contributed by atoms with E-state index in [9.17, 15) is 19.8 Å². The molecule has 0 saturated heterocycles. The Morgan fingerprint density at radius 3 is 1.45 bits per heavy atom. The highest BCUT2D eigenvalue weighted by Gasteiger charge is 2.24. The number of rotatable bonds is 44. The van der Waals surface area contributed by atoms with Crippen LogP contribution < -0.4 is 5.32 Å². The second-order valence-electron chi connectivity index (χ2n) is 16.8. The molecule has 6 heteroatoms. The lowest BCUT2D eigenvalue weighted by Crippen LogP contribution is -2.46. The van der Waals surface area contributed by atoms with E-state index in [-0.39, 0.29) is 24.9 Å². The summed E-state index contributed by atoms with van der Waals surface area (Å²) in [5, 5.41) is 23.7. The molecular weight excluding hydrogens is 695 g/mol. The lowest BCUT2D eigenvalue weighted by molar-refractivity contribution is -0.151. The Morgan fingerprint density at radius 1 is 0.536 bits per heavy atom. The Kier molecular flexibility index (Phi) is 43.1. The van der Waals surface area contributed by atoms with Crippen molar-refractivity contribution in [3.05, 3.63) is 24.3 Å². The summed E-state index contributed by atoms with van der Waals surface area (Å²) >= 11 is 0. The monoisotopic (exact) mass is 790 g/mol. The minimum Gasteiger partial charge on any atom is -0.462 e. The molecule has 1 amide bonds. The smallest absolute Gasteiger partial charge is 0.306 e. The van der Waals surface area contributed by atoms with Crippen molar-refractivity contribution >= 4 is 11.9 Å². The van der Waals surface area contributed by atoms with Crippen molar-refractivity contribution in [3.8, 4) is 0 Å². The van der Waals surface area contributed by atoms with Gasteiger partial charge in [-0.05, 0) is 51.4 Å². The average Bonchev–Trinajstić information content (AvgIpc) is 3.19. The summed E-state index contributed by atoms with van der Waals surface area (Å²) < 4.78 is 5.92. The first-order chi connectivity index (χ1) is 27.5. The van der Waals surface area contributed by atoms with Gasteiger partial charge in [-0.3, -0.25) is 9.59 Å². The summed E-state index contributed by atoms with van der Waals surface area (Å²) in [5.41, 5.74) is 0. The molecule has 0 aromatic carbocycles. The topological polar surface area (TPSA) is 95.9 Å². The Labute approximate surface area is 348 Å². The van der Waals surface area contributed by atoms with Crippen molar-refractivity contribution in [2.45, 2.75) is 277 Å². The molecule has 0 bridgehead atoms. The van der Waals surface area contributed by atoms with Crippen LogP contribution in [0.15, 0.2) is 24.3 Å². The van der Waals surface area contributed by atoms with Gasteiger partial charge in [-0.15, -0.1) is 0 Å². The fourth-order valence-electron chi connectivity index (χ4n) is 7.59. The van der Waals surface area contributed by atoms with Gasteiger partial charge in [-0.25, -0.2) is 0 Å². The fourth-order valence-corrected chi connectivity index (χ4v) is 7.59. The molecule has 0 spiro atoms. The van der Waals surface area contributed by atoms with Gasteiger partial charge in [0, 0.05) is 6.42 Å². The van der Waals surface area contributed by atoms with E-state index >= 15 is 0 Å². The first-order valence-corrected chi connectivity index (χ1v) is 24.6. The Morgan fingerprint density at radius 2 is 0.964 bits per heavy atom. The molecule has 3 N–H and O–H groups in total. The molecule has 0 heterocycles. The number of aliphatic hydroxyl groups excluding tert-OH is 2. The zero-order chi connectivity index (χ0) is 41.0. The fraction of sp³-hybridized carbons (Fsp3) is 0.880. The molecule has 3 unspecified atom stereocenters. The summed E-state index contributed by atoms with van der Waals surface area (Å²) in [5.74, 6) is -0.473. The molecule has 0 rings (SSSR count). The Balaban J connectivity index is 4.53. The molecule has 6 nitrogen and oxygen atoms in total. The number of aliphatic hydroxyl groups is 2. The van der Waals surface area contributed by atoms with Gasteiger partial charge in [0.1, 0.15) is 6.10 Å². The molecule has 0 aliphatic rings. The highest BCUT2D eigenvalue weighted by Crippen LogP contribution is 2.18. The predicted molar refractivity (Wildman–Crippen MR) is 241 cm³/mol. The van der Waals surface area contributed by atoms with Crippen LogP contribution in [-0.4, -0.2) is 46.9 Å². The van der Waals surface area contributed by atoms with Gasteiger partial charge in [0.15, 0.2) is 0 Å². The lowest BCUT2D eigenvalue weighted by Gasteiger charge is -2.24. The van der Waals surface area contributed by atoms with Crippen molar-refractivity contribution in [1.29, 1.82) is 0 Å². The van der Waals surface area contributed by atoms with Gasteiger partial charge < -0.3 is 20.3 Å². The van der Waals surface area contributed by atoms with Crippen LogP contribution in [0.2, 0.25) is 0 Å². The van der Waals surface area contributed by atoms with Crippen molar-refractivity contribution in [3.63, 3.8) is 0 Å². The minimum absolute atomic E-state index is 0.0793. The van der Waals surface area contributed by atoms with Gasteiger partial charge >= 0.3 is 5.97 Å². The highest BCUT2D eigenvalue weighted by atomic mass is 16.5. The molecule has 0 aromatic heterocycles. The highest BCUT2D eigenvalue weighted by molar-refractivity contribution is 5.77. The van der Waals surface area contributed by atoms with Crippen molar-refractivity contribution in [2.75, 3.05) is 6.61 Å². The molecule has 0 aromatic rings. The number of allylic oxidation sites excluding steroid dienone is 4. The summed E-state index contributed by atoms with van der Waals surface area (Å²) in [6, 6.07) is -0.696. The van der Waals surface area contributed by atoms with Crippen LogP contribution in [-0.2, 0) is 14.3 Å². The molecule has 0 fully saturated rings. The van der Waals surface area contributed by atoms with Gasteiger partial charge in [0.05, 0.1) is 25.2 Å². The first-order valence-electron chi connectivity index (χ1n) is 24.6. The zero-order valence-electron chi connectivity index (χ0n) is 37.5. The van der Waals surface area contributed by atoms with Crippen LogP contribution in [0.1, 0.15) is 258 Å². The van der Waals surface area contributed by atoms with Crippen LogP contribution in [0, 0.1) is 0 Å². The van der Waals surface area contributed by atoms with Crippen LogP contribution in [0.25, 0.3) is 0 Å². The molecule has 0 aliphatic heterocycles. The maximum Gasteiger partial charge on any atom is 0.306 e. The molecule has 0 saturated carbocycles. The summed E-state index contributed by atoms with van der Waals surface area (Å²) in [6.45, 7) is 6.38. The molecule has 0 aliphatic carbocycles. The number of amides is 1. The molecular formula is C50H95NO5. The van der Waals surface area contributed by atoms with Gasteiger partial charge in [-0.2, -0.15) is 0 Å². The summed E-state index contributed by atoms with van der Waals surface area (Å²) in [7, 11) is 0. The van der Waals surface area contributed by atoms with E-state index in [4.69, 9.17) is 4.74 Å². The number of carbonyl (C=O) groups is 2. The van der Waals surface area contributed by atoms with E-state index in [2.05, 4.69) is 50.4 Å². The van der Waals surface area contributed by atoms with Gasteiger partial charge in [0.2, 0.25) is 5.91 Å². The molecule has 56 heavy (non-hydrogen) atoms. The lowest BCUT2D eigenvalue weighted by atomic mass is 10.0. The number of hydrogen-bond donors (Lipinski definition) is 3. The predicted octanol–water partition coefficient (Wildman–Crippen LogP) is 14.3. The third-order valence-corrected chi connectivity index (χ3v) is 11.3. The van der Waals surface area contributed by atoms with E-state index in [1.165, 1.54) is 148 Å². The van der Waals surface area contributed by atoms with Gasteiger partial charge in [0.25, 0.3) is 0 Å². The van der Waals surface area contributed by atoms with E-state index in [0.29, 0.717) is 19.3 Å². The SMILES string of the molecule is CC/C=C/C/C=C/CCCCCCCCCC(=O)OC(CCCCCCCCCCCCC)CC(=O)NC(CO)C(O)CCCCCCCCCCCCCC. The van der Waals surface area contributed by atoms with Crippen molar-refractivity contribution in [1.82, 2.24) is 5.32 Å². The zero-order valence-corrected chi connectivity index (χ0v) is 37.5. The van der Waals surface area contributed by atoms with Crippen LogP contribution >= 0.6 is 0 Å². The normalized spacial score (nSPS) is 13.4. The van der Waals surface area contributed by atoms with Crippen LogP contribution in [0.4, 0.5) is 0 Å². The third kappa shape index (κ3) is 39.2. The second-order valence-corrected chi connectivity index (χ2v) is 16.8. The van der Waals surface area contributed by atoms with Crippen molar-refractivity contribution < 1.29 is 24.5 Å². The largest absolute Gasteiger partial charge is 0.462 e. The molecule has 0 radical (unpaired) electrons. The Bertz CT molecular complexity index is 889. The standard InChI is InChI=1S/C50H95NO5/c1-4-7-10-13-16-19-22-24-25-28-31-34-37-40-43-50(55)56-46(41-38-35-32-29-26-21-18-15-12-9-6-3)44-49(54)51-47(45-52)48(53)42-39-36-33-30-27-23-20-17-14-11-8-5-2/h7,10,16,19,46-48,52-53H,4-6,8-9,11-15,17-18,20-45H2,1-3H3,(H,51,54)/b10-7+,19-16+. The second kappa shape index (κ2) is 44.4. The number of nitrogens with one attached hydrogen (secondary N) is 1. The number of unbranched alkanes of at least 4 members (excludes halogenated alkanes) is 28. The molecule has 330 valence electrons. The van der Waals surface area contributed by atoms with Crippen LogP contribution in [0.5, 0.6) is 0 Å². The van der Waals surface area contributed by atoms with E-state index < -0.39 is 18.2 Å². The first kappa shape index (κ1) is 54.3. The van der Waals surface area contributed by atoms with Gasteiger partial charge in [-0.1, -0.05) is 218 Å². The average molecular weight is 790 g/mol. The quantitative estimate of drug-likeness (QED) is 0.0324. The number of esters is 1. The minimum atomic E-state index is -0.783. The molecule has 3 atom stereocenters. The number of ether oxygens (including phenoxy) is 1. The number of hydrogen-bond acceptors (Lipinski definition) is 5. The number of carbonyl (C=O) groups excluding carboxylic acids is 2.